The molecule has 3 aromatic heterocycles. The summed E-state index contributed by atoms with van der Waals surface area (Å²) in [6.07, 6.45) is 3.91. The van der Waals surface area contributed by atoms with Gasteiger partial charge in [-0.05, 0) is 81.1 Å². The van der Waals surface area contributed by atoms with Gasteiger partial charge in [0.2, 0.25) is 5.91 Å². The number of fused-ring (bicyclic) bond motifs is 2. The summed E-state index contributed by atoms with van der Waals surface area (Å²) in [6.45, 7) is 8.92. The average Bonchev–Trinajstić information content (AvgIpc) is 3.33. The molecule has 0 saturated carbocycles. The lowest BCUT2D eigenvalue weighted by atomic mass is 9.87. The Labute approximate surface area is 207 Å². The van der Waals surface area contributed by atoms with Gasteiger partial charge in [0, 0.05) is 53.9 Å². The van der Waals surface area contributed by atoms with Crippen molar-refractivity contribution in [3.05, 3.63) is 53.3 Å². The Morgan fingerprint density at radius 2 is 1.91 bits per heavy atom. The van der Waals surface area contributed by atoms with E-state index < -0.39 is 0 Å². The van der Waals surface area contributed by atoms with E-state index in [1.807, 2.05) is 36.2 Å². The zero-order chi connectivity index (χ0) is 24.9. The number of aromatic nitrogens is 3. The molecule has 0 unspecified atom stereocenters. The molecule has 1 fully saturated rings. The number of H-pyrrole nitrogens is 1. The first-order valence-corrected chi connectivity index (χ1v) is 12.7. The SMILES string of the molecule is Cc1c(-c2[nH]c3ccc(C4CCN(C(=O)CN(C)C)CC4)cc3c2C(C)C)c2cccnc2n1C. The molecule has 6 nitrogen and oxygen atoms in total. The second-order valence-corrected chi connectivity index (χ2v) is 10.7. The molecule has 4 aromatic rings. The Hall–Kier alpha value is -3.12. The van der Waals surface area contributed by atoms with Crippen LogP contribution < -0.4 is 0 Å². The van der Waals surface area contributed by atoms with Gasteiger partial charge < -0.3 is 19.4 Å². The average molecular weight is 472 g/mol. The Morgan fingerprint density at radius 1 is 1.17 bits per heavy atom. The second-order valence-electron chi connectivity index (χ2n) is 10.7. The molecule has 0 aliphatic carbocycles. The van der Waals surface area contributed by atoms with Crippen LogP contribution >= 0.6 is 0 Å². The Bertz CT molecular complexity index is 1390. The predicted molar refractivity (Wildman–Crippen MR) is 144 cm³/mol. The number of benzene rings is 1. The van der Waals surface area contributed by atoms with Crippen LogP contribution in [0.4, 0.5) is 0 Å². The summed E-state index contributed by atoms with van der Waals surface area (Å²) < 4.78 is 2.19. The minimum absolute atomic E-state index is 0.237. The lowest BCUT2D eigenvalue weighted by Crippen LogP contribution is -2.42. The van der Waals surface area contributed by atoms with Gasteiger partial charge in [0.15, 0.2) is 0 Å². The number of carbonyl (C=O) groups is 1. The van der Waals surface area contributed by atoms with Gasteiger partial charge in [-0.15, -0.1) is 0 Å². The Kier molecular flexibility index (Phi) is 6.18. The molecule has 5 rings (SSSR count). The number of hydrogen-bond donors (Lipinski definition) is 1. The molecule has 6 heteroatoms. The van der Waals surface area contributed by atoms with Gasteiger partial charge in [-0.2, -0.15) is 0 Å². The number of aryl methyl sites for hydroxylation is 1. The smallest absolute Gasteiger partial charge is 0.236 e. The molecule has 4 heterocycles. The fourth-order valence-corrected chi connectivity index (χ4v) is 5.81. The number of nitrogens with one attached hydrogen (secondary N) is 1. The van der Waals surface area contributed by atoms with E-state index in [9.17, 15) is 4.79 Å². The minimum atomic E-state index is 0.237. The van der Waals surface area contributed by atoms with Crippen molar-refractivity contribution in [3.63, 3.8) is 0 Å². The number of carbonyl (C=O) groups excluding carboxylic acids is 1. The maximum absolute atomic E-state index is 12.5. The van der Waals surface area contributed by atoms with E-state index in [1.165, 1.54) is 44.4 Å². The molecule has 1 saturated heterocycles. The van der Waals surface area contributed by atoms with E-state index in [0.29, 0.717) is 18.4 Å². The first-order valence-electron chi connectivity index (χ1n) is 12.7. The normalized spacial score (nSPS) is 15.3. The van der Waals surface area contributed by atoms with Gasteiger partial charge in [-0.3, -0.25) is 4.79 Å². The van der Waals surface area contributed by atoms with Crippen molar-refractivity contribution >= 4 is 27.8 Å². The Morgan fingerprint density at radius 3 is 2.60 bits per heavy atom. The molecule has 184 valence electrons. The summed E-state index contributed by atoms with van der Waals surface area (Å²) >= 11 is 0. The van der Waals surface area contributed by atoms with Crippen LogP contribution in [0.15, 0.2) is 36.5 Å². The van der Waals surface area contributed by atoms with Crippen LogP contribution in [0.1, 0.15) is 55.3 Å². The number of aromatic amines is 1. The zero-order valence-corrected chi connectivity index (χ0v) is 21.9. The molecular weight excluding hydrogens is 434 g/mol. The Balaban J connectivity index is 1.52. The predicted octanol–water partition coefficient (Wildman–Crippen LogP) is 5.42. The van der Waals surface area contributed by atoms with Crippen molar-refractivity contribution in [1.82, 2.24) is 24.3 Å². The number of likely N-dealkylation sites (N-methyl/N-ethyl adjacent to an activating group) is 1. The number of pyridine rings is 1. The fourth-order valence-electron chi connectivity index (χ4n) is 5.81. The van der Waals surface area contributed by atoms with Crippen LogP contribution in [-0.2, 0) is 11.8 Å². The summed E-state index contributed by atoms with van der Waals surface area (Å²) in [6, 6.07) is 11.1. The highest BCUT2D eigenvalue weighted by atomic mass is 16.2. The first-order chi connectivity index (χ1) is 16.8. The molecule has 1 N–H and O–H groups in total. The van der Waals surface area contributed by atoms with Crippen molar-refractivity contribution in [2.24, 2.45) is 7.05 Å². The molecular formula is C29H37N5O. The van der Waals surface area contributed by atoms with Crippen LogP contribution in [0.25, 0.3) is 33.2 Å². The highest BCUT2D eigenvalue weighted by molar-refractivity contribution is 6.01. The summed E-state index contributed by atoms with van der Waals surface area (Å²) in [5.41, 5.74) is 8.66. The molecule has 1 aliphatic rings. The third-order valence-corrected chi connectivity index (χ3v) is 7.70. The maximum Gasteiger partial charge on any atom is 0.236 e. The van der Waals surface area contributed by atoms with Gasteiger partial charge in [-0.1, -0.05) is 19.9 Å². The maximum atomic E-state index is 12.5. The van der Waals surface area contributed by atoms with Crippen LogP contribution in [0.2, 0.25) is 0 Å². The van der Waals surface area contributed by atoms with Gasteiger partial charge in [-0.25, -0.2) is 4.98 Å². The molecule has 1 aliphatic heterocycles. The third-order valence-electron chi connectivity index (χ3n) is 7.70. The zero-order valence-electron chi connectivity index (χ0n) is 21.9. The summed E-state index contributed by atoms with van der Waals surface area (Å²) in [5, 5.41) is 2.51. The monoisotopic (exact) mass is 471 g/mol. The third kappa shape index (κ3) is 4.14. The van der Waals surface area contributed by atoms with E-state index in [1.54, 1.807) is 0 Å². The highest BCUT2D eigenvalue weighted by Crippen LogP contribution is 2.42. The summed E-state index contributed by atoms with van der Waals surface area (Å²) in [5.74, 6) is 1.11. The number of hydrogen-bond acceptors (Lipinski definition) is 3. The minimum Gasteiger partial charge on any atom is -0.354 e. The van der Waals surface area contributed by atoms with Crippen molar-refractivity contribution in [2.45, 2.75) is 45.4 Å². The quantitative estimate of drug-likeness (QED) is 0.423. The molecule has 0 bridgehead atoms. The lowest BCUT2D eigenvalue weighted by Gasteiger charge is -2.33. The number of amides is 1. The van der Waals surface area contributed by atoms with Crippen molar-refractivity contribution in [1.29, 1.82) is 0 Å². The van der Waals surface area contributed by atoms with Gasteiger partial charge in [0.1, 0.15) is 5.65 Å². The number of nitrogens with zero attached hydrogens (tertiary/aromatic N) is 4. The van der Waals surface area contributed by atoms with E-state index in [4.69, 9.17) is 0 Å². The summed E-state index contributed by atoms with van der Waals surface area (Å²) in [7, 11) is 6.00. The molecule has 1 aromatic carbocycles. The van der Waals surface area contributed by atoms with E-state index in [2.05, 4.69) is 66.6 Å². The van der Waals surface area contributed by atoms with Crippen molar-refractivity contribution < 1.29 is 4.79 Å². The second kappa shape index (κ2) is 9.15. The number of likely N-dealkylation sites (tertiary alicyclic amines) is 1. The van der Waals surface area contributed by atoms with Crippen LogP contribution in [0.3, 0.4) is 0 Å². The molecule has 0 atom stereocenters. The largest absolute Gasteiger partial charge is 0.354 e. The fraction of sp³-hybridized carbons (Fsp3) is 0.448. The standard InChI is InChI=1S/C29H37N5O/c1-18(2)26-23-16-21(20-11-14-34(15-12-20)25(35)17-32(4)5)9-10-24(23)31-28(26)27-19(3)33(6)29-22(27)8-7-13-30-29/h7-10,13,16,18,20,31H,11-12,14-15,17H2,1-6H3. The van der Waals surface area contributed by atoms with Crippen LogP contribution in [0.5, 0.6) is 0 Å². The van der Waals surface area contributed by atoms with Crippen molar-refractivity contribution in [2.75, 3.05) is 33.7 Å². The molecule has 0 spiro atoms. The van der Waals surface area contributed by atoms with E-state index in [0.717, 1.165) is 31.6 Å². The summed E-state index contributed by atoms with van der Waals surface area (Å²) in [4.78, 5) is 24.9. The number of piperidine rings is 1. The van der Waals surface area contributed by atoms with Crippen LogP contribution in [0, 0.1) is 6.92 Å². The lowest BCUT2D eigenvalue weighted by molar-refractivity contribution is -0.132. The van der Waals surface area contributed by atoms with Crippen molar-refractivity contribution in [3.8, 4) is 11.3 Å². The van der Waals surface area contributed by atoms with E-state index >= 15 is 0 Å². The number of rotatable bonds is 5. The topological polar surface area (TPSA) is 57.2 Å². The van der Waals surface area contributed by atoms with E-state index in [-0.39, 0.29) is 5.91 Å². The van der Waals surface area contributed by atoms with Gasteiger partial charge in [0.25, 0.3) is 0 Å². The highest BCUT2D eigenvalue weighted by Gasteiger charge is 2.26. The van der Waals surface area contributed by atoms with Gasteiger partial charge in [0.05, 0.1) is 12.2 Å². The van der Waals surface area contributed by atoms with Crippen LogP contribution in [-0.4, -0.2) is 64.0 Å². The molecule has 1 amide bonds. The van der Waals surface area contributed by atoms with Gasteiger partial charge >= 0.3 is 0 Å². The molecule has 0 radical (unpaired) electrons. The first kappa shape index (κ1) is 23.6. The molecule has 35 heavy (non-hydrogen) atoms.